The monoisotopic (exact) mass is 391 g/mol. The molecule has 1 unspecified atom stereocenters. The number of benzene rings is 2. The molecule has 2 aliphatic rings. The van der Waals surface area contributed by atoms with Crippen LogP contribution >= 0.6 is 0 Å². The van der Waals surface area contributed by atoms with Crippen LogP contribution in [0.3, 0.4) is 0 Å². The van der Waals surface area contributed by atoms with Gasteiger partial charge in [-0.15, -0.1) is 0 Å². The van der Waals surface area contributed by atoms with Gasteiger partial charge in [0.2, 0.25) is 0 Å². The van der Waals surface area contributed by atoms with E-state index in [1.807, 2.05) is 18.2 Å². The van der Waals surface area contributed by atoms with E-state index in [9.17, 15) is 18.0 Å². The van der Waals surface area contributed by atoms with Crippen LogP contribution in [0.15, 0.2) is 42.5 Å². The van der Waals surface area contributed by atoms with E-state index < -0.39 is 23.2 Å². The van der Waals surface area contributed by atoms with Gasteiger partial charge in [0.15, 0.2) is 0 Å². The quantitative estimate of drug-likeness (QED) is 0.765. The fraction of sp³-hybridized carbons (Fsp3) is 0.381. The van der Waals surface area contributed by atoms with Crippen molar-refractivity contribution in [3.8, 4) is 11.5 Å². The molecule has 1 spiro atoms. The summed E-state index contributed by atoms with van der Waals surface area (Å²) in [6, 6.07) is 10.1. The first-order chi connectivity index (χ1) is 13.3. The number of halogens is 3. The van der Waals surface area contributed by atoms with E-state index in [1.54, 1.807) is 12.0 Å². The molecule has 2 aliphatic heterocycles. The number of methoxy groups -OCH3 is 1. The van der Waals surface area contributed by atoms with Crippen molar-refractivity contribution in [3.63, 3.8) is 0 Å². The van der Waals surface area contributed by atoms with Crippen molar-refractivity contribution in [1.29, 1.82) is 0 Å². The minimum absolute atomic E-state index is 0.0434. The van der Waals surface area contributed by atoms with Crippen LogP contribution in [0.2, 0.25) is 0 Å². The van der Waals surface area contributed by atoms with Crippen molar-refractivity contribution in [2.24, 2.45) is 0 Å². The number of hydrogen-bond donors (Lipinski definition) is 0. The Kier molecular flexibility index (Phi) is 4.48. The highest BCUT2D eigenvalue weighted by atomic mass is 19.4. The maximum atomic E-state index is 13.1. The standard InChI is InChI=1S/C21H20F3NO3/c1-27-17-7-3-8-18-16(17)12-20(13-28-18)9-4-10-25(20)19(26)14-5-2-6-15(11-14)21(22,23)24/h2-3,5-8,11H,4,9-10,12-13H2,1H3. The fourth-order valence-electron chi connectivity index (χ4n) is 4.21. The third kappa shape index (κ3) is 3.08. The second-order valence-corrected chi connectivity index (χ2v) is 7.27. The van der Waals surface area contributed by atoms with Crippen molar-refractivity contribution in [1.82, 2.24) is 4.90 Å². The number of carbonyl (C=O) groups excluding carboxylic acids is 1. The Hall–Kier alpha value is -2.70. The largest absolute Gasteiger partial charge is 0.496 e. The Morgan fingerprint density at radius 2 is 2.00 bits per heavy atom. The number of carbonyl (C=O) groups is 1. The van der Waals surface area contributed by atoms with Crippen LogP contribution in [0.4, 0.5) is 13.2 Å². The predicted molar refractivity (Wildman–Crippen MR) is 96.6 cm³/mol. The maximum absolute atomic E-state index is 13.1. The van der Waals surface area contributed by atoms with Crippen LogP contribution in [0.25, 0.3) is 0 Å². The predicted octanol–water partition coefficient (Wildman–Crippen LogP) is 4.32. The van der Waals surface area contributed by atoms with Gasteiger partial charge in [0, 0.05) is 24.1 Å². The van der Waals surface area contributed by atoms with Gasteiger partial charge >= 0.3 is 6.18 Å². The van der Waals surface area contributed by atoms with Crippen LogP contribution in [0.1, 0.15) is 34.3 Å². The second-order valence-electron chi connectivity index (χ2n) is 7.27. The summed E-state index contributed by atoms with van der Waals surface area (Å²) < 4.78 is 50.5. The Labute approximate surface area is 160 Å². The summed E-state index contributed by atoms with van der Waals surface area (Å²) in [6.45, 7) is 0.806. The van der Waals surface area contributed by atoms with Crippen LogP contribution in [-0.4, -0.2) is 36.6 Å². The number of nitrogens with zero attached hydrogens (tertiary/aromatic N) is 1. The molecule has 1 fully saturated rings. The molecule has 7 heteroatoms. The van der Waals surface area contributed by atoms with E-state index >= 15 is 0 Å². The zero-order valence-electron chi connectivity index (χ0n) is 15.4. The number of alkyl halides is 3. The Morgan fingerprint density at radius 1 is 1.21 bits per heavy atom. The molecule has 1 atom stereocenters. The average Bonchev–Trinajstić information content (AvgIpc) is 3.09. The molecule has 2 aromatic rings. The van der Waals surface area contributed by atoms with E-state index in [0.29, 0.717) is 25.3 Å². The minimum Gasteiger partial charge on any atom is -0.496 e. The topological polar surface area (TPSA) is 38.8 Å². The number of likely N-dealkylation sites (tertiary alicyclic amines) is 1. The molecule has 0 aromatic heterocycles. The lowest BCUT2D eigenvalue weighted by molar-refractivity contribution is -0.137. The summed E-state index contributed by atoms with van der Waals surface area (Å²) in [7, 11) is 1.58. The Morgan fingerprint density at radius 3 is 2.75 bits per heavy atom. The van der Waals surface area contributed by atoms with Gasteiger partial charge < -0.3 is 14.4 Å². The molecule has 1 amide bonds. The highest BCUT2D eigenvalue weighted by Gasteiger charge is 2.48. The van der Waals surface area contributed by atoms with Gasteiger partial charge in [0.25, 0.3) is 5.91 Å². The lowest BCUT2D eigenvalue weighted by Gasteiger charge is -2.42. The normalized spacial score (nSPS) is 21.4. The first-order valence-corrected chi connectivity index (χ1v) is 9.12. The van der Waals surface area contributed by atoms with E-state index in [1.165, 1.54) is 12.1 Å². The van der Waals surface area contributed by atoms with E-state index in [0.717, 1.165) is 36.3 Å². The van der Waals surface area contributed by atoms with Crippen LogP contribution in [0.5, 0.6) is 11.5 Å². The summed E-state index contributed by atoms with van der Waals surface area (Å²) in [5.41, 5.74) is -0.465. The first kappa shape index (κ1) is 18.7. The summed E-state index contributed by atoms with van der Waals surface area (Å²) in [4.78, 5) is 14.8. The summed E-state index contributed by atoms with van der Waals surface area (Å²) in [6.07, 6.45) is -2.43. The summed E-state index contributed by atoms with van der Waals surface area (Å²) in [5, 5.41) is 0. The number of amides is 1. The maximum Gasteiger partial charge on any atom is 0.416 e. The lowest BCUT2D eigenvalue weighted by Crippen LogP contribution is -2.54. The summed E-state index contributed by atoms with van der Waals surface area (Å²) >= 11 is 0. The minimum atomic E-state index is -4.49. The van der Waals surface area contributed by atoms with Gasteiger partial charge in [-0.2, -0.15) is 13.2 Å². The third-order valence-electron chi connectivity index (χ3n) is 5.59. The van der Waals surface area contributed by atoms with Crippen LogP contribution in [-0.2, 0) is 12.6 Å². The van der Waals surface area contributed by atoms with Crippen LogP contribution < -0.4 is 9.47 Å². The molecule has 4 rings (SSSR count). The van der Waals surface area contributed by atoms with Crippen molar-refractivity contribution in [3.05, 3.63) is 59.2 Å². The lowest BCUT2D eigenvalue weighted by atomic mass is 9.85. The van der Waals surface area contributed by atoms with Gasteiger partial charge in [-0.3, -0.25) is 4.79 Å². The molecule has 2 aromatic carbocycles. The molecule has 28 heavy (non-hydrogen) atoms. The van der Waals surface area contributed by atoms with Crippen molar-refractivity contribution >= 4 is 5.91 Å². The molecule has 4 nitrogen and oxygen atoms in total. The number of hydrogen-bond acceptors (Lipinski definition) is 3. The smallest absolute Gasteiger partial charge is 0.416 e. The van der Waals surface area contributed by atoms with Gasteiger partial charge in [0.1, 0.15) is 18.1 Å². The fourth-order valence-corrected chi connectivity index (χ4v) is 4.21. The van der Waals surface area contributed by atoms with E-state index in [2.05, 4.69) is 0 Å². The zero-order valence-corrected chi connectivity index (χ0v) is 15.4. The van der Waals surface area contributed by atoms with Gasteiger partial charge in [0.05, 0.1) is 18.2 Å². The molecular formula is C21H20F3NO3. The van der Waals surface area contributed by atoms with Crippen LogP contribution in [0, 0.1) is 0 Å². The average molecular weight is 391 g/mol. The SMILES string of the molecule is COc1cccc2c1CC1(CCCN1C(=O)c1cccc(C(F)(F)F)c1)CO2. The van der Waals surface area contributed by atoms with Gasteiger partial charge in [-0.05, 0) is 43.2 Å². The van der Waals surface area contributed by atoms with E-state index in [4.69, 9.17) is 9.47 Å². The number of fused-ring (bicyclic) bond motifs is 1. The number of rotatable bonds is 2. The zero-order chi connectivity index (χ0) is 19.9. The van der Waals surface area contributed by atoms with Crippen molar-refractivity contribution < 1.29 is 27.4 Å². The molecule has 0 saturated carbocycles. The Balaban J connectivity index is 1.67. The Bertz CT molecular complexity index is 898. The summed E-state index contributed by atoms with van der Waals surface area (Å²) in [5.74, 6) is 1.02. The van der Waals surface area contributed by atoms with Crippen molar-refractivity contribution in [2.75, 3.05) is 20.3 Å². The molecule has 1 saturated heterocycles. The second kappa shape index (κ2) is 6.72. The van der Waals surface area contributed by atoms with Crippen molar-refractivity contribution in [2.45, 2.75) is 31.0 Å². The molecular weight excluding hydrogens is 371 g/mol. The van der Waals surface area contributed by atoms with Gasteiger partial charge in [-0.1, -0.05) is 12.1 Å². The molecule has 0 N–H and O–H groups in total. The molecule has 2 heterocycles. The van der Waals surface area contributed by atoms with Gasteiger partial charge in [-0.25, -0.2) is 0 Å². The molecule has 0 bridgehead atoms. The third-order valence-corrected chi connectivity index (χ3v) is 5.59. The molecule has 0 radical (unpaired) electrons. The molecule has 148 valence electrons. The van der Waals surface area contributed by atoms with E-state index in [-0.39, 0.29) is 5.56 Å². The number of ether oxygens (including phenoxy) is 2. The highest BCUT2D eigenvalue weighted by molar-refractivity contribution is 5.95. The highest BCUT2D eigenvalue weighted by Crippen LogP contribution is 2.43. The molecule has 0 aliphatic carbocycles. The first-order valence-electron chi connectivity index (χ1n) is 9.12.